The Bertz CT molecular complexity index is 2700. The molecule has 0 aromatic heterocycles. The molecule has 0 aliphatic carbocycles. The monoisotopic (exact) mass is 816 g/mol. The molecule has 286 valence electrons. The summed E-state index contributed by atoms with van der Waals surface area (Å²) in [4.78, 5) is 1.06. The number of aryl methyl sites for hydroxylation is 1. The molecule has 6 nitrogen and oxygen atoms in total. The number of hydrogen-bond donors (Lipinski definition) is 0. The van der Waals surface area contributed by atoms with Gasteiger partial charge >= 0.3 is 17.2 Å². The highest BCUT2D eigenvalue weighted by molar-refractivity contribution is 7.98. The molecule has 0 atom stereocenters. The summed E-state index contributed by atoms with van der Waals surface area (Å²) in [6.07, 6.45) is 2.06. The molecule has 0 N–H and O–H groups in total. The van der Waals surface area contributed by atoms with Crippen LogP contribution in [0, 0.1) is 6.92 Å². The summed E-state index contributed by atoms with van der Waals surface area (Å²) in [6.45, 7) is 2.15. The average molecular weight is 817 g/mol. The van der Waals surface area contributed by atoms with E-state index >= 15 is 0 Å². The van der Waals surface area contributed by atoms with Crippen molar-refractivity contribution in [1.82, 2.24) is 0 Å². The molecule has 9 aromatic rings. The number of rotatable bonds is 14. The van der Waals surface area contributed by atoms with Gasteiger partial charge in [-0.05, 0) is 76.7 Å². The lowest BCUT2D eigenvalue weighted by Gasteiger charge is -2.23. The molecule has 0 spiro atoms. The lowest BCUT2D eigenvalue weighted by molar-refractivity contribution is 0.254. The maximum absolute atomic E-state index is 6.92. The number of thioether (sulfide) groups is 1. The first-order chi connectivity index (χ1) is 28.6. The highest BCUT2D eigenvalue weighted by Crippen LogP contribution is 2.50. The van der Waals surface area contributed by atoms with Crippen molar-refractivity contribution in [1.29, 1.82) is 0 Å². The molecule has 0 saturated heterocycles. The van der Waals surface area contributed by atoms with Gasteiger partial charge in [-0.1, -0.05) is 146 Å². The van der Waals surface area contributed by atoms with E-state index in [1.807, 2.05) is 128 Å². The molecule has 0 fully saturated rings. The number of fused-ring (bicyclic) bond motifs is 4. The Kier molecular flexibility index (Phi) is 11.3. The summed E-state index contributed by atoms with van der Waals surface area (Å²) in [5, 5.41) is 8.09. The second kappa shape index (κ2) is 17.4. The van der Waals surface area contributed by atoms with Crippen molar-refractivity contribution >= 4 is 72.1 Å². The van der Waals surface area contributed by atoms with Crippen LogP contribution in [0.15, 0.2) is 187 Å². The van der Waals surface area contributed by atoms with Crippen molar-refractivity contribution in [2.75, 3.05) is 6.26 Å². The maximum Gasteiger partial charge on any atom is 0.530 e. The van der Waals surface area contributed by atoms with E-state index in [1.165, 1.54) is 0 Å². The fraction of sp³-hybridized carbons (Fsp3) is 0.0612. The van der Waals surface area contributed by atoms with Gasteiger partial charge in [-0.3, -0.25) is 4.52 Å². The van der Waals surface area contributed by atoms with Gasteiger partial charge in [-0.2, -0.15) is 0 Å². The molecule has 9 aromatic carbocycles. The van der Waals surface area contributed by atoms with Crippen molar-refractivity contribution in [3.05, 3.63) is 193 Å². The first-order valence-corrected chi connectivity index (χ1v) is 22.2. The SMILES string of the molecule is CSc1cc(C)c(OP(Oc2cccc3ccccc23)Oc2cccc3ccccc23)c(COP(Oc2cccc3ccccc23)Oc2cccc3ccccc23)c1. The van der Waals surface area contributed by atoms with Gasteiger partial charge in [0.2, 0.25) is 0 Å². The van der Waals surface area contributed by atoms with Crippen molar-refractivity contribution in [3.8, 4) is 28.7 Å². The van der Waals surface area contributed by atoms with Crippen LogP contribution in [0.4, 0.5) is 0 Å². The Hall–Kier alpha value is -5.81. The molecule has 0 radical (unpaired) electrons. The van der Waals surface area contributed by atoms with Crippen LogP contribution in [0.3, 0.4) is 0 Å². The predicted molar refractivity (Wildman–Crippen MR) is 241 cm³/mol. The third kappa shape index (κ3) is 8.27. The Balaban J connectivity index is 1.08. The standard InChI is InChI=1S/C49H38O6P2S/c1-34-31-40(58-2)32-39(33-50-56(51-45-27-11-19-35-15-3-7-23-41(35)45)52-46-28-12-20-36-16-4-8-24-42(36)46)49(34)55-57(53-47-29-13-21-37-17-5-9-25-43(37)47)54-48-30-14-22-38-18-6-10-26-44(38)48/h3-32H,33H2,1-2H3. The Morgan fingerprint density at radius 1 is 0.414 bits per heavy atom. The lowest BCUT2D eigenvalue weighted by atomic mass is 10.1. The van der Waals surface area contributed by atoms with E-state index in [9.17, 15) is 0 Å². The minimum Gasteiger partial charge on any atom is -0.417 e. The van der Waals surface area contributed by atoms with Gasteiger partial charge in [0.1, 0.15) is 28.7 Å². The highest BCUT2D eigenvalue weighted by Gasteiger charge is 2.27. The molecule has 9 heteroatoms. The zero-order valence-corrected chi connectivity index (χ0v) is 34.4. The van der Waals surface area contributed by atoms with E-state index in [1.54, 1.807) is 11.8 Å². The van der Waals surface area contributed by atoms with Crippen LogP contribution in [-0.2, 0) is 11.1 Å². The van der Waals surface area contributed by atoms with Crippen LogP contribution >= 0.6 is 29.0 Å². The van der Waals surface area contributed by atoms with Crippen LogP contribution in [0.5, 0.6) is 28.7 Å². The second-order valence-corrected chi connectivity index (χ2v) is 16.5. The third-order valence-corrected chi connectivity index (χ3v) is 12.5. The fourth-order valence-electron chi connectivity index (χ4n) is 6.91. The van der Waals surface area contributed by atoms with Crippen LogP contribution in [0.25, 0.3) is 43.1 Å². The lowest BCUT2D eigenvalue weighted by Crippen LogP contribution is -2.07. The number of hydrogen-bond acceptors (Lipinski definition) is 7. The first kappa shape index (κ1) is 37.7. The van der Waals surface area contributed by atoms with Crippen LogP contribution in [0.2, 0.25) is 0 Å². The maximum atomic E-state index is 6.92. The van der Waals surface area contributed by atoms with Crippen molar-refractivity contribution in [2.45, 2.75) is 18.4 Å². The van der Waals surface area contributed by atoms with Crippen molar-refractivity contribution < 1.29 is 27.1 Å². The Morgan fingerprint density at radius 2 is 0.776 bits per heavy atom. The molecule has 0 aliphatic rings. The third-order valence-electron chi connectivity index (χ3n) is 9.74. The summed E-state index contributed by atoms with van der Waals surface area (Å²) in [6, 6.07) is 60.7. The number of benzene rings is 9. The van der Waals surface area contributed by atoms with Gasteiger partial charge in [0.15, 0.2) is 0 Å². The summed E-state index contributed by atoms with van der Waals surface area (Å²) < 4.78 is 40.5. The van der Waals surface area contributed by atoms with Crippen LogP contribution < -0.4 is 22.6 Å². The molecule has 0 aliphatic heterocycles. The van der Waals surface area contributed by atoms with Gasteiger partial charge in [-0.15, -0.1) is 11.8 Å². The van der Waals surface area contributed by atoms with Gasteiger partial charge in [0.05, 0.1) is 6.61 Å². The van der Waals surface area contributed by atoms with E-state index in [0.717, 1.165) is 59.1 Å². The molecular weight excluding hydrogens is 779 g/mol. The molecule has 58 heavy (non-hydrogen) atoms. The van der Waals surface area contributed by atoms with Crippen LogP contribution in [-0.4, -0.2) is 6.26 Å². The van der Waals surface area contributed by atoms with E-state index in [2.05, 4.69) is 66.9 Å². The van der Waals surface area contributed by atoms with Gasteiger partial charge in [0, 0.05) is 32.0 Å². The van der Waals surface area contributed by atoms with Gasteiger partial charge < -0.3 is 22.6 Å². The van der Waals surface area contributed by atoms with E-state index in [0.29, 0.717) is 28.7 Å². The first-order valence-electron chi connectivity index (χ1n) is 18.8. The minimum absolute atomic E-state index is 0.123. The van der Waals surface area contributed by atoms with Crippen molar-refractivity contribution in [3.63, 3.8) is 0 Å². The zero-order chi connectivity index (χ0) is 39.3. The topological polar surface area (TPSA) is 55.4 Å². The molecular formula is C49H38O6P2S. The molecule has 0 saturated carbocycles. The molecule has 0 bridgehead atoms. The summed E-state index contributed by atoms with van der Waals surface area (Å²) in [7, 11) is -4.03. The minimum atomic E-state index is -2.05. The van der Waals surface area contributed by atoms with E-state index in [4.69, 9.17) is 27.1 Å². The summed E-state index contributed by atoms with van der Waals surface area (Å²) in [5.41, 5.74) is 1.71. The fourth-order valence-corrected chi connectivity index (χ4v) is 9.66. The van der Waals surface area contributed by atoms with Crippen molar-refractivity contribution in [2.24, 2.45) is 0 Å². The van der Waals surface area contributed by atoms with E-state index in [-0.39, 0.29) is 6.61 Å². The highest BCUT2D eigenvalue weighted by atomic mass is 32.2. The average Bonchev–Trinajstić information content (AvgIpc) is 3.27. The molecule has 0 heterocycles. The van der Waals surface area contributed by atoms with E-state index < -0.39 is 17.2 Å². The Morgan fingerprint density at radius 3 is 1.17 bits per heavy atom. The second-order valence-electron chi connectivity index (χ2n) is 13.5. The normalized spacial score (nSPS) is 11.4. The largest absolute Gasteiger partial charge is 0.530 e. The summed E-state index contributed by atoms with van der Waals surface area (Å²) >= 11 is 1.65. The van der Waals surface area contributed by atoms with Crippen LogP contribution in [0.1, 0.15) is 11.1 Å². The molecule has 0 amide bonds. The van der Waals surface area contributed by atoms with Gasteiger partial charge in [0.25, 0.3) is 0 Å². The zero-order valence-electron chi connectivity index (χ0n) is 31.8. The Labute approximate surface area is 344 Å². The summed E-state index contributed by atoms with van der Waals surface area (Å²) in [5.74, 6) is 3.28. The molecule has 9 rings (SSSR count). The quantitative estimate of drug-likeness (QED) is 0.0800. The smallest absolute Gasteiger partial charge is 0.417 e. The predicted octanol–water partition coefficient (Wildman–Crippen LogP) is 15.0. The van der Waals surface area contributed by atoms with Gasteiger partial charge in [-0.25, -0.2) is 0 Å². The molecule has 0 unspecified atom stereocenters.